The highest BCUT2D eigenvalue weighted by Gasteiger charge is 2.41. The Kier molecular flexibility index (Phi) is 8.97. The molecule has 0 radical (unpaired) electrons. The third-order valence-corrected chi connectivity index (χ3v) is 8.52. The van der Waals surface area contributed by atoms with E-state index < -0.39 is 0 Å². The van der Waals surface area contributed by atoms with Crippen LogP contribution in [-0.4, -0.2) is 65.0 Å². The Hall–Kier alpha value is -1.53. The van der Waals surface area contributed by atoms with Crippen molar-refractivity contribution in [3.8, 4) is 0 Å². The van der Waals surface area contributed by atoms with E-state index in [1.807, 2.05) is 13.8 Å². The normalized spacial score (nSPS) is 26.6. The van der Waals surface area contributed by atoms with Crippen LogP contribution in [-0.2, 0) is 4.79 Å². The molecule has 2 unspecified atom stereocenters. The second-order valence-corrected chi connectivity index (χ2v) is 11.6. The number of carbonyl (C=O) groups excluding carboxylic acids is 1. The molecule has 5 rings (SSSR count). The molecule has 34 heavy (non-hydrogen) atoms. The summed E-state index contributed by atoms with van der Waals surface area (Å²) < 4.78 is 0. The van der Waals surface area contributed by atoms with Crippen LogP contribution in [0.1, 0.15) is 97.0 Å². The number of nitrogens with one attached hydrogen (secondary N) is 1. The van der Waals surface area contributed by atoms with Crippen LogP contribution in [0.2, 0.25) is 0 Å². The van der Waals surface area contributed by atoms with Crippen LogP contribution in [0.3, 0.4) is 0 Å². The van der Waals surface area contributed by atoms with E-state index in [1.165, 1.54) is 50.5 Å². The Bertz CT molecular complexity index is 754. The Morgan fingerprint density at radius 1 is 0.882 bits per heavy atom. The molecule has 4 fully saturated rings. The second-order valence-electron chi connectivity index (χ2n) is 11.6. The zero-order chi connectivity index (χ0) is 24.1. The molecule has 2 bridgehead atoms. The summed E-state index contributed by atoms with van der Waals surface area (Å²) in [6, 6.07) is 1.84. The molecule has 6 heteroatoms. The van der Waals surface area contributed by atoms with Crippen LogP contribution in [0.5, 0.6) is 0 Å². The molecule has 4 aliphatic rings. The van der Waals surface area contributed by atoms with Gasteiger partial charge in [-0.05, 0) is 76.9 Å². The van der Waals surface area contributed by atoms with Gasteiger partial charge in [0.1, 0.15) is 5.78 Å². The van der Waals surface area contributed by atoms with Gasteiger partial charge in [-0.2, -0.15) is 0 Å². The standard InChI is InChI=1S/C18H29N5.C10H18O/c1-13(2)22-11-16-3-4-17(12-22)23(16)18-20-9-15(10-21-18)14-5-7-19-8-6-14;1-8(2)10(11)9-6-4-3-5-7-9/h9-10,13-14,16-17,19H,3-8,11-12H2,1-2H3;8-9H,3-7H2,1-2H3. The van der Waals surface area contributed by atoms with Crippen LogP contribution < -0.4 is 10.2 Å². The Balaban J connectivity index is 0.000000210. The number of hydrogen-bond donors (Lipinski definition) is 1. The summed E-state index contributed by atoms with van der Waals surface area (Å²) in [6.07, 6.45) is 15.3. The average molecular weight is 470 g/mol. The van der Waals surface area contributed by atoms with Gasteiger partial charge in [0.25, 0.3) is 0 Å². The molecular formula is C28H47N5O. The van der Waals surface area contributed by atoms with Crippen LogP contribution in [0, 0.1) is 11.8 Å². The molecular weight excluding hydrogens is 422 g/mol. The van der Waals surface area contributed by atoms with Gasteiger partial charge in [0.2, 0.25) is 5.95 Å². The molecule has 6 nitrogen and oxygen atoms in total. The number of ketones is 1. The van der Waals surface area contributed by atoms with Crippen molar-refractivity contribution in [2.24, 2.45) is 11.8 Å². The van der Waals surface area contributed by atoms with E-state index in [0.29, 0.717) is 35.7 Å². The lowest BCUT2D eigenvalue weighted by atomic mass is 9.83. The third-order valence-electron chi connectivity index (χ3n) is 8.52. The van der Waals surface area contributed by atoms with Crippen LogP contribution in [0.4, 0.5) is 5.95 Å². The predicted octanol–water partition coefficient (Wildman–Crippen LogP) is 4.80. The molecule has 0 amide bonds. The zero-order valence-electron chi connectivity index (χ0n) is 22.0. The molecule has 0 spiro atoms. The van der Waals surface area contributed by atoms with Gasteiger partial charge in [-0.25, -0.2) is 9.97 Å². The van der Waals surface area contributed by atoms with Gasteiger partial charge in [-0.15, -0.1) is 0 Å². The van der Waals surface area contributed by atoms with E-state index in [9.17, 15) is 4.79 Å². The molecule has 2 atom stereocenters. The SMILES string of the molecule is CC(C)C(=O)C1CCCCC1.CC(C)N1CC2CCC(C1)N2c1ncc(C2CCNCC2)cn1. The molecule has 1 aliphatic carbocycles. The van der Waals surface area contributed by atoms with Gasteiger partial charge in [0.05, 0.1) is 0 Å². The first-order valence-electron chi connectivity index (χ1n) is 14.0. The molecule has 1 saturated carbocycles. The first kappa shape index (κ1) is 25.6. The number of piperazine rings is 1. The molecule has 190 valence electrons. The molecule has 3 aliphatic heterocycles. The topological polar surface area (TPSA) is 61.4 Å². The van der Waals surface area contributed by atoms with Gasteiger partial charge in [-0.3, -0.25) is 9.69 Å². The Labute approximate surface area is 207 Å². The van der Waals surface area contributed by atoms with E-state index in [4.69, 9.17) is 9.97 Å². The van der Waals surface area contributed by atoms with Gasteiger partial charge in [0.15, 0.2) is 0 Å². The number of hydrogen-bond acceptors (Lipinski definition) is 6. The van der Waals surface area contributed by atoms with Crippen LogP contribution in [0.15, 0.2) is 12.4 Å². The van der Waals surface area contributed by atoms with E-state index in [2.05, 4.69) is 41.4 Å². The van der Waals surface area contributed by atoms with Crippen molar-refractivity contribution in [1.29, 1.82) is 0 Å². The van der Waals surface area contributed by atoms with Crippen molar-refractivity contribution in [2.75, 3.05) is 31.1 Å². The van der Waals surface area contributed by atoms with Crippen LogP contribution >= 0.6 is 0 Å². The fraction of sp³-hybridized carbons (Fsp3) is 0.821. The molecule has 1 aromatic rings. The van der Waals surface area contributed by atoms with Gasteiger partial charge < -0.3 is 10.2 Å². The van der Waals surface area contributed by atoms with E-state index >= 15 is 0 Å². The highest BCUT2D eigenvalue weighted by molar-refractivity contribution is 5.82. The van der Waals surface area contributed by atoms with Gasteiger partial charge in [-0.1, -0.05) is 33.1 Å². The van der Waals surface area contributed by atoms with Crippen molar-refractivity contribution in [2.45, 2.75) is 110 Å². The fourth-order valence-corrected chi connectivity index (χ4v) is 6.37. The maximum atomic E-state index is 11.5. The lowest BCUT2D eigenvalue weighted by Crippen LogP contribution is -2.56. The summed E-state index contributed by atoms with van der Waals surface area (Å²) in [5.41, 5.74) is 1.32. The molecule has 3 saturated heterocycles. The van der Waals surface area contributed by atoms with E-state index in [0.717, 1.165) is 45.0 Å². The molecule has 4 heterocycles. The maximum absolute atomic E-state index is 11.5. The smallest absolute Gasteiger partial charge is 0.225 e. The van der Waals surface area contributed by atoms with Crippen molar-refractivity contribution in [3.05, 3.63) is 18.0 Å². The second kappa shape index (κ2) is 11.9. The Morgan fingerprint density at radius 2 is 1.47 bits per heavy atom. The van der Waals surface area contributed by atoms with Crippen LogP contribution in [0.25, 0.3) is 0 Å². The third kappa shape index (κ3) is 6.17. The maximum Gasteiger partial charge on any atom is 0.225 e. The number of carbonyl (C=O) groups is 1. The quantitative estimate of drug-likeness (QED) is 0.669. The minimum atomic E-state index is 0.248. The largest absolute Gasteiger partial charge is 0.332 e. The highest BCUT2D eigenvalue weighted by Crippen LogP contribution is 2.34. The number of aromatic nitrogens is 2. The fourth-order valence-electron chi connectivity index (χ4n) is 6.37. The number of piperidine rings is 1. The van der Waals surface area contributed by atoms with Crippen molar-refractivity contribution in [1.82, 2.24) is 20.2 Å². The molecule has 1 N–H and O–H groups in total. The first-order chi connectivity index (χ1) is 16.4. The van der Waals surface area contributed by atoms with Gasteiger partial charge >= 0.3 is 0 Å². The highest BCUT2D eigenvalue weighted by atomic mass is 16.1. The summed E-state index contributed by atoms with van der Waals surface area (Å²) in [7, 11) is 0. The number of Topliss-reactive ketones (excluding diaryl/α,β-unsaturated/α-hetero) is 1. The lowest BCUT2D eigenvalue weighted by Gasteiger charge is -2.42. The number of anilines is 1. The summed E-state index contributed by atoms with van der Waals surface area (Å²) in [5.74, 6) is 2.74. The summed E-state index contributed by atoms with van der Waals surface area (Å²) in [4.78, 5) is 26.1. The minimum Gasteiger partial charge on any atom is -0.332 e. The van der Waals surface area contributed by atoms with Crippen molar-refractivity contribution in [3.63, 3.8) is 0 Å². The first-order valence-corrected chi connectivity index (χ1v) is 14.0. The Morgan fingerprint density at radius 3 is 2.00 bits per heavy atom. The number of likely N-dealkylation sites (tertiary alicyclic amines) is 1. The van der Waals surface area contributed by atoms with E-state index in [-0.39, 0.29) is 5.92 Å². The predicted molar refractivity (Wildman–Crippen MR) is 139 cm³/mol. The minimum absolute atomic E-state index is 0.248. The summed E-state index contributed by atoms with van der Waals surface area (Å²) >= 11 is 0. The van der Waals surface area contributed by atoms with E-state index in [1.54, 1.807) is 0 Å². The monoisotopic (exact) mass is 469 g/mol. The lowest BCUT2D eigenvalue weighted by molar-refractivity contribution is -0.126. The molecule has 1 aromatic heterocycles. The number of fused-ring (bicyclic) bond motifs is 2. The average Bonchev–Trinajstić information content (AvgIpc) is 3.13. The van der Waals surface area contributed by atoms with Crippen molar-refractivity contribution >= 4 is 11.7 Å². The zero-order valence-corrected chi connectivity index (χ0v) is 22.0. The number of nitrogens with zero attached hydrogens (tertiary/aromatic N) is 4. The molecule has 0 aromatic carbocycles. The van der Waals surface area contributed by atoms with Gasteiger partial charge in [0, 0.05) is 55.4 Å². The van der Waals surface area contributed by atoms with Crippen molar-refractivity contribution < 1.29 is 4.79 Å². The number of rotatable bonds is 5. The summed E-state index contributed by atoms with van der Waals surface area (Å²) in [6.45, 7) is 13.2. The summed E-state index contributed by atoms with van der Waals surface area (Å²) in [5, 5.41) is 3.43.